The lowest BCUT2D eigenvalue weighted by Gasteiger charge is -2.17. The number of rotatable bonds is 9. The highest BCUT2D eigenvalue weighted by Gasteiger charge is 2.27. The standard InChI is InChI=1S/C16H16FN3O.C15H22FNO2/c17-13-6-4-11(5-7-13)14-2-1-3-15(19-14)20-9-8-12(10-20)16(18)21;1-18-14-11-12(10-13(16)15(14)19-2)6-5-9-17-7-3-4-8-17/h1-7,12H,8-10H2,(H2,18,21);10-11H,3-9H2,1-2H3/t12-;/m1./s1. The lowest BCUT2D eigenvalue weighted by atomic mass is 10.1. The first-order chi connectivity index (χ1) is 19.4. The number of hydrogen-bond acceptors (Lipinski definition) is 6. The summed E-state index contributed by atoms with van der Waals surface area (Å²) in [4.78, 5) is 20.4. The summed E-state index contributed by atoms with van der Waals surface area (Å²) in [6.45, 7) is 4.89. The van der Waals surface area contributed by atoms with E-state index in [0.717, 1.165) is 55.0 Å². The molecule has 2 N–H and O–H groups in total. The Balaban J connectivity index is 0.000000186. The third-order valence-electron chi connectivity index (χ3n) is 7.42. The Morgan fingerprint density at radius 3 is 2.42 bits per heavy atom. The molecular weight excluding hydrogens is 514 g/mol. The SMILES string of the molecule is COc1cc(CCCN2CCCC2)cc(F)c1OC.NC(=O)[C@@H]1CCN(c2cccc(-c3ccc(F)cc3)n2)C1. The second kappa shape index (κ2) is 14.1. The molecule has 1 amide bonds. The monoisotopic (exact) mass is 552 g/mol. The number of aryl methyl sites for hydroxylation is 1. The number of ether oxygens (including phenoxy) is 2. The van der Waals surface area contributed by atoms with Crippen LogP contribution in [0, 0.1) is 17.6 Å². The number of amides is 1. The maximum absolute atomic E-state index is 13.8. The van der Waals surface area contributed by atoms with E-state index in [2.05, 4.69) is 14.8 Å². The van der Waals surface area contributed by atoms with Crippen LogP contribution in [0.2, 0.25) is 0 Å². The van der Waals surface area contributed by atoms with Crippen LogP contribution in [0.25, 0.3) is 11.3 Å². The molecule has 9 heteroatoms. The fourth-order valence-electron chi connectivity index (χ4n) is 5.21. The molecule has 214 valence electrons. The molecule has 0 bridgehead atoms. The van der Waals surface area contributed by atoms with Gasteiger partial charge >= 0.3 is 0 Å². The van der Waals surface area contributed by atoms with E-state index in [0.29, 0.717) is 12.3 Å². The van der Waals surface area contributed by atoms with Gasteiger partial charge in [-0.15, -0.1) is 0 Å². The average Bonchev–Trinajstić information content (AvgIpc) is 3.67. The Morgan fingerprint density at radius 2 is 1.77 bits per heavy atom. The van der Waals surface area contributed by atoms with Crippen molar-refractivity contribution >= 4 is 11.7 Å². The van der Waals surface area contributed by atoms with E-state index in [1.54, 1.807) is 18.2 Å². The molecule has 0 aliphatic carbocycles. The fraction of sp³-hybridized carbons (Fsp3) is 0.419. The number of methoxy groups -OCH3 is 2. The van der Waals surface area contributed by atoms with Crippen LogP contribution in [0.4, 0.5) is 14.6 Å². The number of likely N-dealkylation sites (tertiary alicyclic amines) is 1. The van der Waals surface area contributed by atoms with Crippen molar-refractivity contribution in [3.05, 3.63) is 71.8 Å². The number of halogens is 2. The molecule has 0 unspecified atom stereocenters. The van der Waals surface area contributed by atoms with Gasteiger partial charge in [0.05, 0.1) is 25.8 Å². The third-order valence-corrected chi connectivity index (χ3v) is 7.42. The summed E-state index contributed by atoms with van der Waals surface area (Å²) in [6.07, 6.45) is 5.30. The predicted molar refractivity (Wildman–Crippen MR) is 153 cm³/mol. The summed E-state index contributed by atoms with van der Waals surface area (Å²) in [6, 6.07) is 15.4. The van der Waals surface area contributed by atoms with Crippen LogP contribution in [-0.2, 0) is 11.2 Å². The van der Waals surface area contributed by atoms with Gasteiger partial charge in [-0.25, -0.2) is 13.8 Å². The molecule has 40 heavy (non-hydrogen) atoms. The van der Waals surface area contributed by atoms with E-state index in [9.17, 15) is 13.6 Å². The third kappa shape index (κ3) is 7.69. The van der Waals surface area contributed by atoms with Crippen LogP contribution in [0.15, 0.2) is 54.6 Å². The zero-order chi connectivity index (χ0) is 28.5. The average molecular weight is 553 g/mol. The maximum atomic E-state index is 13.8. The van der Waals surface area contributed by atoms with Gasteiger partial charge in [-0.2, -0.15) is 0 Å². The van der Waals surface area contributed by atoms with Gasteiger partial charge in [0, 0.05) is 18.7 Å². The highest BCUT2D eigenvalue weighted by molar-refractivity contribution is 5.78. The molecule has 2 aliphatic heterocycles. The molecule has 0 spiro atoms. The minimum absolute atomic E-state index is 0.110. The van der Waals surface area contributed by atoms with Crippen molar-refractivity contribution in [1.29, 1.82) is 0 Å². The summed E-state index contributed by atoms with van der Waals surface area (Å²) in [5.74, 6) is 0.496. The molecule has 2 aliphatic rings. The van der Waals surface area contributed by atoms with Crippen LogP contribution < -0.4 is 20.1 Å². The number of benzene rings is 2. The van der Waals surface area contributed by atoms with E-state index in [4.69, 9.17) is 15.2 Å². The quantitative estimate of drug-likeness (QED) is 0.399. The summed E-state index contributed by atoms with van der Waals surface area (Å²) in [5.41, 5.74) is 7.97. The zero-order valence-corrected chi connectivity index (χ0v) is 23.2. The summed E-state index contributed by atoms with van der Waals surface area (Å²) in [7, 11) is 2.99. The van der Waals surface area contributed by atoms with Crippen LogP contribution in [0.3, 0.4) is 0 Å². The van der Waals surface area contributed by atoms with E-state index in [-0.39, 0.29) is 29.2 Å². The predicted octanol–water partition coefficient (Wildman–Crippen LogP) is 5.07. The first-order valence-electron chi connectivity index (χ1n) is 13.8. The molecule has 0 saturated carbocycles. The molecule has 2 aromatic carbocycles. The van der Waals surface area contributed by atoms with Crippen LogP contribution >= 0.6 is 0 Å². The van der Waals surface area contributed by atoms with Crippen molar-refractivity contribution in [3.8, 4) is 22.8 Å². The van der Waals surface area contributed by atoms with Gasteiger partial charge in [0.1, 0.15) is 11.6 Å². The number of nitrogens with two attached hydrogens (primary N) is 1. The number of primary amides is 1. The van der Waals surface area contributed by atoms with E-state index >= 15 is 0 Å². The first-order valence-corrected chi connectivity index (χ1v) is 13.8. The highest BCUT2D eigenvalue weighted by atomic mass is 19.1. The lowest BCUT2D eigenvalue weighted by Crippen LogP contribution is -2.27. The Hall–Kier alpha value is -3.72. The summed E-state index contributed by atoms with van der Waals surface area (Å²) < 4.78 is 36.9. The molecular formula is C31H38F2N4O3. The smallest absolute Gasteiger partial charge is 0.222 e. The van der Waals surface area contributed by atoms with E-state index in [1.807, 2.05) is 24.3 Å². The van der Waals surface area contributed by atoms with Crippen molar-refractivity contribution in [2.45, 2.75) is 32.1 Å². The van der Waals surface area contributed by atoms with Gasteiger partial charge in [-0.1, -0.05) is 6.07 Å². The number of pyridine rings is 1. The second-order valence-corrected chi connectivity index (χ2v) is 10.2. The topological polar surface area (TPSA) is 80.9 Å². The molecule has 1 aromatic heterocycles. The van der Waals surface area contributed by atoms with Crippen LogP contribution in [0.5, 0.6) is 11.5 Å². The van der Waals surface area contributed by atoms with Gasteiger partial charge in [0.25, 0.3) is 0 Å². The van der Waals surface area contributed by atoms with Crippen molar-refractivity contribution in [2.75, 3.05) is 51.8 Å². The Labute approximate surface area is 234 Å². The fourth-order valence-corrected chi connectivity index (χ4v) is 5.21. The minimum Gasteiger partial charge on any atom is -0.493 e. The van der Waals surface area contributed by atoms with Gasteiger partial charge in [-0.05, 0) is 106 Å². The van der Waals surface area contributed by atoms with Gasteiger partial charge < -0.3 is 25.0 Å². The molecule has 1 atom stereocenters. The van der Waals surface area contributed by atoms with Crippen molar-refractivity contribution < 1.29 is 23.0 Å². The van der Waals surface area contributed by atoms with Gasteiger partial charge in [-0.3, -0.25) is 4.79 Å². The molecule has 3 aromatic rings. The molecule has 2 fully saturated rings. The second-order valence-electron chi connectivity index (χ2n) is 10.2. The lowest BCUT2D eigenvalue weighted by molar-refractivity contribution is -0.121. The number of hydrogen-bond donors (Lipinski definition) is 1. The maximum Gasteiger partial charge on any atom is 0.222 e. The van der Waals surface area contributed by atoms with E-state index in [1.165, 1.54) is 52.3 Å². The number of carbonyl (C=O) groups is 1. The Kier molecular flexibility index (Phi) is 10.3. The molecule has 7 nitrogen and oxygen atoms in total. The van der Waals surface area contributed by atoms with E-state index < -0.39 is 0 Å². The summed E-state index contributed by atoms with van der Waals surface area (Å²) in [5, 5.41) is 0. The number of aromatic nitrogens is 1. The first kappa shape index (κ1) is 29.3. The van der Waals surface area contributed by atoms with Gasteiger partial charge in [0.2, 0.25) is 5.91 Å². The largest absolute Gasteiger partial charge is 0.493 e. The molecule has 2 saturated heterocycles. The molecule has 5 rings (SSSR count). The Morgan fingerprint density at radius 1 is 1.02 bits per heavy atom. The normalized spacial score (nSPS) is 16.9. The van der Waals surface area contributed by atoms with Crippen LogP contribution in [-0.4, -0.2) is 62.7 Å². The van der Waals surface area contributed by atoms with Crippen molar-refractivity contribution in [2.24, 2.45) is 11.7 Å². The molecule has 3 heterocycles. The van der Waals surface area contributed by atoms with Crippen LogP contribution in [0.1, 0.15) is 31.2 Å². The summed E-state index contributed by atoms with van der Waals surface area (Å²) >= 11 is 0. The van der Waals surface area contributed by atoms with Gasteiger partial charge in [0.15, 0.2) is 17.3 Å². The number of anilines is 1. The Bertz CT molecular complexity index is 1270. The number of nitrogens with zero attached hydrogens (tertiary/aromatic N) is 3. The number of carbonyl (C=O) groups excluding carboxylic acids is 1. The highest BCUT2D eigenvalue weighted by Crippen LogP contribution is 2.32. The molecule has 0 radical (unpaired) electrons. The zero-order valence-electron chi connectivity index (χ0n) is 23.2. The van der Waals surface area contributed by atoms with Crippen molar-refractivity contribution in [3.63, 3.8) is 0 Å². The van der Waals surface area contributed by atoms with Crippen molar-refractivity contribution in [1.82, 2.24) is 9.88 Å². The minimum atomic E-state index is -0.349.